The Morgan fingerprint density at radius 1 is 0.943 bits per heavy atom. The van der Waals surface area contributed by atoms with Crippen molar-refractivity contribution >= 4 is 28.2 Å². The Morgan fingerprint density at radius 2 is 1.71 bits per heavy atom. The summed E-state index contributed by atoms with van der Waals surface area (Å²) in [7, 11) is 3.72. The molecular formula is C24H24F3N7O. The van der Waals surface area contributed by atoms with Crippen LogP contribution in [0.3, 0.4) is 0 Å². The van der Waals surface area contributed by atoms with E-state index in [0.29, 0.717) is 11.5 Å². The number of aryl methyl sites for hydroxylation is 2. The number of likely N-dealkylation sites (N-methyl/N-ethyl adjacent to an activating group) is 1. The standard InChI is InChI=1S/C24H24F3N7O/c1-14-10-16-20(26)18(11-17(25)22(16)33(14)3)35-24-21(27)23(29-13-30-24)31-19-5-4-15(12-28-19)34-8-6-32(2)7-9-34/h4-5,10-13H,6-9H2,1-3H3,(H,28,29,30,31). The Morgan fingerprint density at radius 3 is 2.43 bits per heavy atom. The van der Waals surface area contributed by atoms with E-state index in [0.717, 1.165) is 44.3 Å². The molecule has 0 aliphatic carbocycles. The number of halogens is 3. The number of anilines is 3. The minimum atomic E-state index is -0.957. The third-order valence-electron chi connectivity index (χ3n) is 6.24. The summed E-state index contributed by atoms with van der Waals surface area (Å²) < 4.78 is 51.6. The van der Waals surface area contributed by atoms with Crippen molar-refractivity contribution in [3.05, 3.63) is 59.9 Å². The highest BCUT2D eigenvalue weighted by molar-refractivity contribution is 5.84. The van der Waals surface area contributed by atoms with E-state index >= 15 is 8.78 Å². The van der Waals surface area contributed by atoms with Crippen molar-refractivity contribution in [1.29, 1.82) is 0 Å². The number of piperazine rings is 1. The molecule has 1 fully saturated rings. The van der Waals surface area contributed by atoms with Gasteiger partial charge in [-0.3, -0.25) is 0 Å². The van der Waals surface area contributed by atoms with Gasteiger partial charge in [0.2, 0.25) is 5.82 Å². The topological polar surface area (TPSA) is 71.3 Å². The van der Waals surface area contributed by atoms with Gasteiger partial charge in [-0.1, -0.05) is 0 Å². The molecule has 0 saturated carbocycles. The number of nitrogens with zero attached hydrogens (tertiary/aromatic N) is 6. The monoisotopic (exact) mass is 483 g/mol. The van der Waals surface area contributed by atoms with Gasteiger partial charge >= 0.3 is 0 Å². The van der Waals surface area contributed by atoms with E-state index in [1.807, 2.05) is 6.07 Å². The summed E-state index contributed by atoms with van der Waals surface area (Å²) in [5.41, 5.74) is 1.74. The number of pyridine rings is 1. The first kappa shape index (κ1) is 22.9. The number of hydrogen-bond acceptors (Lipinski definition) is 7. The van der Waals surface area contributed by atoms with Crippen LogP contribution < -0.4 is 15.0 Å². The molecule has 0 spiro atoms. The molecule has 182 valence electrons. The van der Waals surface area contributed by atoms with Gasteiger partial charge in [-0.05, 0) is 32.2 Å². The molecule has 1 saturated heterocycles. The highest BCUT2D eigenvalue weighted by Gasteiger charge is 2.21. The van der Waals surface area contributed by atoms with Crippen LogP contribution >= 0.6 is 0 Å². The normalized spacial score (nSPS) is 14.5. The summed E-state index contributed by atoms with van der Waals surface area (Å²) >= 11 is 0. The third-order valence-corrected chi connectivity index (χ3v) is 6.24. The Balaban J connectivity index is 1.36. The van der Waals surface area contributed by atoms with E-state index in [1.165, 1.54) is 10.6 Å². The third kappa shape index (κ3) is 4.34. The van der Waals surface area contributed by atoms with E-state index in [2.05, 4.69) is 37.1 Å². The van der Waals surface area contributed by atoms with Crippen LogP contribution in [0.4, 0.5) is 30.5 Å². The second-order valence-electron chi connectivity index (χ2n) is 8.54. The summed E-state index contributed by atoms with van der Waals surface area (Å²) in [6, 6.07) is 5.99. The van der Waals surface area contributed by atoms with Crippen molar-refractivity contribution in [2.24, 2.45) is 7.05 Å². The van der Waals surface area contributed by atoms with Gasteiger partial charge < -0.3 is 24.4 Å². The number of aromatic nitrogens is 4. The Hall–Kier alpha value is -3.86. The first-order valence-electron chi connectivity index (χ1n) is 11.1. The van der Waals surface area contributed by atoms with Crippen LogP contribution in [0.5, 0.6) is 11.6 Å². The van der Waals surface area contributed by atoms with Crippen LogP contribution in [0.25, 0.3) is 10.9 Å². The van der Waals surface area contributed by atoms with Crippen molar-refractivity contribution in [3.8, 4) is 11.6 Å². The molecule has 0 bridgehead atoms. The fraction of sp³-hybridized carbons (Fsp3) is 0.292. The van der Waals surface area contributed by atoms with Crippen molar-refractivity contribution in [2.45, 2.75) is 6.92 Å². The lowest BCUT2D eigenvalue weighted by atomic mass is 10.2. The van der Waals surface area contributed by atoms with Crippen LogP contribution in [0.15, 0.2) is 36.8 Å². The molecule has 0 amide bonds. The predicted molar refractivity (Wildman–Crippen MR) is 127 cm³/mol. The summed E-state index contributed by atoms with van der Waals surface area (Å²) in [5.74, 6) is -3.30. The maximum atomic E-state index is 15.1. The molecule has 0 unspecified atom stereocenters. The molecule has 8 nitrogen and oxygen atoms in total. The fourth-order valence-electron chi connectivity index (χ4n) is 4.09. The van der Waals surface area contributed by atoms with Crippen molar-refractivity contribution in [3.63, 3.8) is 0 Å². The smallest absolute Gasteiger partial charge is 0.261 e. The van der Waals surface area contributed by atoms with Gasteiger partial charge in [-0.25, -0.2) is 18.7 Å². The zero-order valence-corrected chi connectivity index (χ0v) is 19.5. The van der Waals surface area contributed by atoms with Crippen LogP contribution in [-0.4, -0.2) is 57.6 Å². The molecule has 3 aromatic heterocycles. The zero-order chi connectivity index (χ0) is 24.7. The SMILES string of the molecule is Cc1cc2c(F)c(Oc3ncnc(Nc4ccc(N5CCN(C)CC5)cn4)c3F)cc(F)c2n1C. The van der Waals surface area contributed by atoms with E-state index in [1.54, 1.807) is 26.2 Å². The average molecular weight is 483 g/mol. The second-order valence-corrected chi connectivity index (χ2v) is 8.54. The molecular weight excluding hydrogens is 459 g/mol. The maximum Gasteiger partial charge on any atom is 0.261 e. The summed E-state index contributed by atoms with van der Waals surface area (Å²) in [4.78, 5) is 16.5. The maximum absolute atomic E-state index is 15.1. The van der Waals surface area contributed by atoms with Gasteiger partial charge in [0.15, 0.2) is 23.2 Å². The number of nitrogens with one attached hydrogen (secondary N) is 1. The van der Waals surface area contributed by atoms with Gasteiger partial charge in [0.25, 0.3) is 5.88 Å². The number of ether oxygens (including phenoxy) is 1. The Labute approximate surface area is 200 Å². The molecule has 0 radical (unpaired) electrons. The van der Waals surface area contributed by atoms with Gasteiger partial charge in [0, 0.05) is 50.4 Å². The van der Waals surface area contributed by atoms with Crippen LogP contribution in [0.2, 0.25) is 0 Å². The molecule has 1 aromatic carbocycles. The highest BCUT2D eigenvalue weighted by atomic mass is 19.1. The zero-order valence-electron chi connectivity index (χ0n) is 19.5. The molecule has 1 N–H and O–H groups in total. The number of fused-ring (bicyclic) bond motifs is 1. The summed E-state index contributed by atoms with van der Waals surface area (Å²) in [6.45, 7) is 5.47. The molecule has 1 aliphatic rings. The van der Waals surface area contributed by atoms with Crippen LogP contribution in [0, 0.1) is 24.4 Å². The second kappa shape index (κ2) is 9.06. The van der Waals surface area contributed by atoms with E-state index in [4.69, 9.17) is 4.74 Å². The summed E-state index contributed by atoms with van der Waals surface area (Å²) in [6.07, 6.45) is 2.78. The van der Waals surface area contributed by atoms with Crippen LogP contribution in [0.1, 0.15) is 5.69 Å². The molecule has 11 heteroatoms. The van der Waals surface area contributed by atoms with Gasteiger partial charge in [0.1, 0.15) is 12.1 Å². The van der Waals surface area contributed by atoms with E-state index in [-0.39, 0.29) is 16.7 Å². The first-order chi connectivity index (χ1) is 16.8. The largest absolute Gasteiger partial charge is 0.433 e. The lowest BCUT2D eigenvalue weighted by Gasteiger charge is -2.33. The minimum Gasteiger partial charge on any atom is -0.433 e. The quantitative estimate of drug-likeness (QED) is 0.452. The minimum absolute atomic E-state index is 0.0393. The van der Waals surface area contributed by atoms with E-state index < -0.39 is 29.1 Å². The molecule has 4 heterocycles. The Kier molecular flexibility index (Phi) is 5.93. The summed E-state index contributed by atoms with van der Waals surface area (Å²) in [5, 5.41) is 2.83. The van der Waals surface area contributed by atoms with Gasteiger partial charge in [-0.2, -0.15) is 9.37 Å². The Bertz CT molecular complexity index is 1380. The number of benzene rings is 1. The molecule has 4 aromatic rings. The van der Waals surface area contributed by atoms with Crippen LogP contribution in [-0.2, 0) is 7.05 Å². The number of rotatable bonds is 5. The van der Waals surface area contributed by atoms with Crippen molar-refractivity contribution < 1.29 is 17.9 Å². The molecule has 5 rings (SSSR count). The van der Waals surface area contributed by atoms with Gasteiger partial charge in [0.05, 0.1) is 17.4 Å². The molecule has 35 heavy (non-hydrogen) atoms. The van der Waals surface area contributed by atoms with Crippen molar-refractivity contribution in [2.75, 3.05) is 43.4 Å². The van der Waals surface area contributed by atoms with E-state index in [9.17, 15) is 4.39 Å². The predicted octanol–water partition coefficient (Wildman–Crippen LogP) is 4.38. The highest BCUT2D eigenvalue weighted by Crippen LogP contribution is 2.34. The lowest BCUT2D eigenvalue weighted by Crippen LogP contribution is -2.44. The lowest BCUT2D eigenvalue weighted by molar-refractivity contribution is 0.313. The number of hydrogen-bond donors (Lipinski definition) is 1. The average Bonchev–Trinajstić information content (AvgIpc) is 3.16. The van der Waals surface area contributed by atoms with Gasteiger partial charge in [-0.15, -0.1) is 0 Å². The first-order valence-corrected chi connectivity index (χ1v) is 11.1. The molecule has 1 aliphatic heterocycles. The van der Waals surface area contributed by atoms with Crippen molar-refractivity contribution in [1.82, 2.24) is 24.4 Å². The molecule has 0 atom stereocenters. The fourth-order valence-corrected chi connectivity index (χ4v) is 4.09.